The Morgan fingerprint density at radius 3 is 2.57 bits per heavy atom. The van der Waals surface area contributed by atoms with E-state index in [2.05, 4.69) is 15.9 Å². The molecule has 1 aliphatic rings. The van der Waals surface area contributed by atoms with Crippen LogP contribution >= 0.6 is 0 Å². The van der Waals surface area contributed by atoms with Gasteiger partial charge in [-0.3, -0.25) is 0 Å². The molecule has 160 valence electrons. The van der Waals surface area contributed by atoms with E-state index in [1.54, 1.807) is 7.11 Å². The SMILES string of the molecule is COc1cc2c(N(C)C)cc(-c3ccc(C)o3)nc2cc1OCCCN1CCCC1. The minimum atomic E-state index is 0.663. The van der Waals surface area contributed by atoms with Gasteiger partial charge in [0.15, 0.2) is 17.3 Å². The van der Waals surface area contributed by atoms with Crippen molar-refractivity contribution < 1.29 is 13.9 Å². The number of aromatic nitrogens is 1. The van der Waals surface area contributed by atoms with E-state index >= 15 is 0 Å². The van der Waals surface area contributed by atoms with Gasteiger partial charge in [-0.2, -0.15) is 0 Å². The number of furan rings is 1. The minimum Gasteiger partial charge on any atom is -0.493 e. The molecular formula is C24H31N3O3. The molecule has 1 fully saturated rings. The van der Waals surface area contributed by atoms with Gasteiger partial charge in [-0.15, -0.1) is 0 Å². The molecule has 0 bridgehead atoms. The Hall–Kier alpha value is -2.73. The molecule has 3 aromatic rings. The number of fused-ring (bicyclic) bond motifs is 1. The summed E-state index contributed by atoms with van der Waals surface area (Å²) in [6.07, 6.45) is 3.64. The third-order valence-electron chi connectivity index (χ3n) is 5.62. The van der Waals surface area contributed by atoms with Gasteiger partial charge in [-0.1, -0.05) is 0 Å². The van der Waals surface area contributed by atoms with Gasteiger partial charge >= 0.3 is 0 Å². The molecule has 0 spiro atoms. The zero-order chi connectivity index (χ0) is 21.1. The molecule has 0 radical (unpaired) electrons. The van der Waals surface area contributed by atoms with Crippen molar-refractivity contribution in [1.29, 1.82) is 0 Å². The zero-order valence-electron chi connectivity index (χ0n) is 18.4. The van der Waals surface area contributed by atoms with Gasteiger partial charge in [0, 0.05) is 37.8 Å². The lowest BCUT2D eigenvalue weighted by Gasteiger charge is -2.19. The monoisotopic (exact) mass is 409 g/mol. The Morgan fingerprint density at radius 1 is 1.10 bits per heavy atom. The summed E-state index contributed by atoms with van der Waals surface area (Å²) in [7, 11) is 5.74. The zero-order valence-corrected chi connectivity index (χ0v) is 18.4. The van der Waals surface area contributed by atoms with Crippen molar-refractivity contribution in [2.45, 2.75) is 26.2 Å². The molecule has 0 amide bonds. The lowest BCUT2D eigenvalue weighted by molar-refractivity contribution is 0.254. The second-order valence-corrected chi connectivity index (χ2v) is 8.10. The second kappa shape index (κ2) is 8.96. The predicted octanol–water partition coefficient (Wildman–Crippen LogP) is 4.74. The third kappa shape index (κ3) is 4.38. The molecule has 0 aliphatic carbocycles. The highest BCUT2D eigenvalue weighted by Crippen LogP contribution is 2.38. The van der Waals surface area contributed by atoms with Crippen LogP contribution in [0.4, 0.5) is 5.69 Å². The van der Waals surface area contributed by atoms with Crippen LogP contribution in [0.5, 0.6) is 11.5 Å². The average Bonchev–Trinajstić information content (AvgIpc) is 3.41. The van der Waals surface area contributed by atoms with Crippen molar-refractivity contribution in [2.75, 3.05) is 52.3 Å². The fraction of sp³-hybridized carbons (Fsp3) is 0.458. The van der Waals surface area contributed by atoms with Crippen LogP contribution in [0.2, 0.25) is 0 Å². The van der Waals surface area contributed by atoms with Crippen molar-refractivity contribution in [3.05, 3.63) is 36.1 Å². The highest BCUT2D eigenvalue weighted by Gasteiger charge is 2.16. The molecule has 6 heteroatoms. The molecule has 4 rings (SSSR count). The summed E-state index contributed by atoms with van der Waals surface area (Å²) >= 11 is 0. The topological polar surface area (TPSA) is 51.0 Å². The molecule has 30 heavy (non-hydrogen) atoms. The summed E-state index contributed by atoms with van der Waals surface area (Å²) in [6, 6.07) is 9.97. The summed E-state index contributed by atoms with van der Waals surface area (Å²) < 4.78 is 17.6. The molecule has 1 aromatic carbocycles. The first kappa shape index (κ1) is 20.5. The number of hydrogen-bond donors (Lipinski definition) is 0. The first-order valence-electron chi connectivity index (χ1n) is 10.7. The van der Waals surface area contributed by atoms with Gasteiger partial charge in [0.05, 0.1) is 19.2 Å². The molecule has 1 saturated heterocycles. The smallest absolute Gasteiger partial charge is 0.163 e. The van der Waals surface area contributed by atoms with E-state index in [9.17, 15) is 0 Å². The van der Waals surface area contributed by atoms with Crippen LogP contribution in [0.1, 0.15) is 25.0 Å². The maximum atomic E-state index is 6.12. The summed E-state index contributed by atoms with van der Waals surface area (Å²) in [5, 5.41) is 1.02. The number of hydrogen-bond acceptors (Lipinski definition) is 6. The van der Waals surface area contributed by atoms with E-state index in [4.69, 9.17) is 18.9 Å². The van der Waals surface area contributed by atoms with Crippen LogP contribution < -0.4 is 14.4 Å². The number of pyridine rings is 1. The number of methoxy groups -OCH3 is 1. The van der Waals surface area contributed by atoms with Crippen molar-refractivity contribution in [1.82, 2.24) is 9.88 Å². The van der Waals surface area contributed by atoms with E-state index in [0.29, 0.717) is 6.61 Å². The third-order valence-corrected chi connectivity index (χ3v) is 5.62. The Labute approximate surface area is 178 Å². The maximum absolute atomic E-state index is 6.12. The number of aryl methyl sites for hydroxylation is 1. The fourth-order valence-corrected chi connectivity index (χ4v) is 4.03. The largest absolute Gasteiger partial charge is 0.493 e. The standard InChI is InChI=1S/C24H31N3O3/c1-17-8-9-22(30-17)20-15-21(26(2)3)18-14-23(28-4)24(16-19(18)25-20)29-13-7-12-27-10-5-6-11-27/h8-9,14-16H,5-7,10-13H2,1-4H3. The Morgan fingerprint density at radius 2 is 1.90 bits per heavy atom. The van der Waals surface area contributed by atoms with Crippen LogP contribution in [0.15, 0.2) is 34.7 Å². The average molecular weight is 410 g/mol. The van der Waals surface area contributed by atoms with E-state index in [-0.39, 0.29) is 0 Å². The van der Waals surface area contributed by atoms with E-state index in [0.717, 1.165) is 58.3 Å². The molecular weight excluding hydrogens is 378 g/mol. The Kier molecular flexibility index (Phi) is 6.13. The van der Waals surface area contributed by atoms with Gasteiger partial charge in [-0.05, 0) is 63.5 Å². The minimum absolute atomic E-state index is 0.663. The fourth-order valence-electron chi connectivity index (χ4n) is 4.03. The van der Waals surface area contributed by atoms with Gasteiger partial charge in [-0.25, -0.2) is 4.98 Å². The van der Waals surface area contributed by atoms with E-state index < -0.39 is 0 Å². The highest BCUT2D eigenvalue weighted by molar-refractivity contribution is 5.96. The van der Waals surface area contributed by atoms with Crippen molar-refractivity contribution >= 4 is 16.6 Å². The molecule has 2 aromatic heterocycles. The lowest BCUT2D eigenvalue weighted by atomic mass is 10.1. The van der Waals surface area contributed by atoms with E-state index in [1.807, 2.05) is 45.3 Å². The Balaban J connectivity index is 1.63. The van der Waals surface area contributed by atoms with Crippen LogP contribution in [0, 0.1) is 6.92 Å². The van der Waals surface area contributed by atoms with Gasteiger partial charge in [0.2, 0.25) is 0 Å². The van der Waals surface area contributed by atoms with Crippen LogP contribution in [-0.4, -0.2) is 57.3 Å². The van der Waals surface area contributed by atoms with Gasteiger partial charge < -0.3 is 23.7 Å². The normalized spacial score (nSPS) is 14.4. The molecule has 0 atom stereocenters. The molecule has 1 aliphatic heterocycles. The number of ether oxygens (including phenoxy) is 2. The molecule has 3 heterocycles. The van der Waals surface area contributed by atoms with Crippen molar-refractivity contribution in [3.63, 3.8) is 0 Å². The summed E-state index contributed by atoms with van der Waals surface area (Å²) in [5.41, 5.74) is 2.73. The summed E-state index contributed by atoms with van der Waals surface area (Å²) in [4.78, 5) is 9.45. The van der Waals surface area contributed by atoms with Crippen molar-refractivity contribution in [2.24, 2.45) is 0 Å². The quantitative estimate of drug-likeness (QED) is 0.501. The Bertz CT molecular complexity index is 1010. The van der Waals surface area contributed by atoms with Crippen LogP contribution in [0.25, 0.3) is 22.4 Å². The van der Waals surface area contributed by atoms with Crippen LogP contribution in [-0.2, 0) is 0 Å². The maximum Gasteiger partial charge on any atom is 0.163 e. The summed E-state index contributed by atoms with van der Waals surface area (Å²) in [6.45, 7) is 6.12. The van der Waals surface area contributed by atoms with E-state index in [1.165, 1.54) is 25.9 Å². The number of likely N-dealkylation sites (tertiary alicyclic amines) is 1. The number of rotatable bonds is 8. The number of benzene rings is 1. The van der Waals surface area contributed by atoms with Gasteiger partial charge in [0.25, 0.3) is 0 Å². The predicted molar refractivity (Wildman–Crippen MR) is 121 cm³/mol. The molecule has 0 unspecified atom stereocenters. The molecule has 6 nitrogen and oxygen atoms in total. The number of nitrogens with zero attached hydrogens (tertiary/aromatic N) is 3. The highest BCUT2D eigenvalue weighted by atomic mass is 16.5. The van der Waals surface area contributed by atoms with Crippen molar-refractivity contribution in [3.8, 4) is 23.0 Å². The molecule has 0 saturated carbocycles. The van der Waals surface area contributed by atoms with Crippen LogP contribution in [0.3, 0.4) is 0 Å². The second-order valence-electron chi connectivity index (χ2n) is 8.10. The lowest BCUT2D eigenvalue weighted by Crippen LogP contribution is -2.21. The first-order chi connectivity index (χ1) is 14.5. The molecule has 0 N–H and O–H groups in total. The summed E-state index contributed by atoms with van der Waals surface area (Å²) in [5.74, 6) is 3.10. The first-order valence-corrected chi connectivity index (χ1v) is 10.7. The van der Waals surface area contributed by atoms with Gasteiger partial charge in [0.1, 0.15) is 11.5 Å². The number of anilines is 1.